The Balaban J connectivity index is 1.15. The van der Waals surface area contributed by atoms with E-state index in [2.05, 4.69) is 155 Å². The van der Waals surface area contributed by atoms with Crippen LogP contribution in [0.15, 0.2) is 162 Å². The Morgan fingerprint density at radius 1 is 0.469 bits per heavy atom. The second-order valence-corrected chi connectivity index (χ2v) is 12.6. The third-order valence-electron chi connectivity index (χ3n) is 9.95. The molecule has 7 aromatic carbocycles. The van der Waals surface area contributed by atoms with E-state index in [0.717, 1.165) is 60.9 Å². The summed E-state index contributed by atoms with van der Waals surface area (Å²) in [5, 5.41) is 8.15. The predicted molar refractivity (Wildman–Crippen MR) is 201 cm³/mol. The SMILES string of the molecule is c1ccc(-n2c3ccccc3c3cc4c(cc32)c2ccccc2n4-c2cccc(-c3cnc4oc5ccc6ccccc6c5c4n3)c2)cc1. The summed E-state index contributed by atoms with van der Waals surface area (Å²) in [4.78, 5) is 9.92. The summed E-state index contributed by atoms with van der Waals surface area (Å²) in [7, 11) is 0. The summed E-state index contributed by atoms with van der Waals surface area (Å²) in [5.41, 5.74) is 10.9. The van der Waals surface area contributed by atoms with Gasteiger partial charge in [-0.3, -0.25) is 0 Å². The van der Waals surface area contributed by atoms with Crippen LogP contribution in [0, 0.1) is 0 Å². The van der Waals surface area contributed by atoms with Crippen molar-refractivity contribution >= 4 is 76.6 Å². The Morgan fingerprint density at radius 2 is 1.10 bits per heavy atom. The molecule has 0 aliphatic heterocycles. The maximum Gasteiger partial charge on any atom is 0.246 e. The van der Waals surface area contributed by atoms with Gasteiger partial charge in [-0.05, 0) is 65.4 Å². The van der Waals surface area contributed by atoms with Crippen LogP contribution >= 0.6 is 0 Å². The smallest absolute Gasteiger partial charge is 0.246 e. The molecule has 0 amide bonds. The monoisotopic (exact) mass is 626 g/mol. The predicted octanol–water partition coefficient (Wildman–Crippen LogP) is 11.4. The van der Waals surface area contributed by atoms with E-state index in [1.54, 1.807) is 0 Å². The van der Waals surface area contributed by atoms with Gasteiger partial charge in [-0.15, -0.1) is 0 Å². The molecule has 49 heavy (non-hydrogen) atoms. The van der Waals surface area contributed by atoms with Gasteiger partial charge in [0.05, 0.1) is 39.3 Å². The number of rotatable bonds is 3. The first kappa shape index (κ1) is 26.4. The molecule has 0 saturated heterocycles. The standard InChI is InChI=1S/C44H26N4O/c1-2-13-29(14-3-1)47-37-19-8-6-17-32(37)34-25-40-35(24-39(34)47)33-18-7-9-20-38(33)48(40)30-15-10-12-28(23-30)36-26-45-44-43(46-36)42-31-16-5-4-11-27(31)21-22-41(42)49-44/h1-26H. The number of furan rings is 1. The lowest BCUT2D eigenvalue weighted by molar-refractivity contribution is 0.653. The van der Waals surface area contributed by atoms with Gasteiger partial charge in [0, 0.05) is 38.5 Å². The van der Waals surface area contributed by atoms with Crippen LogP contribution in [0.4, 0.5) is 0 Å². The fourth-order valence-electron chi connectivity index (χ4n) is 7.81. The molecule has 0 fully saturated rings. The molecule has 0 radical (unpaired) electrons. The lowest BCUT2D eigenvalue weighted by Crippen LogP contribution is -1.95. The largest absolute Gasteiger partial charge is 0.436 e. The molecule has 0 aliphatic rings. The zero-order valence-corrected chi connectivity index (χ0v) is 26.2. The first-order chi connectivity index (χ1) is 24.3. The minimum absolute atomic E-state index is 0.548. The fourth-order valence-corrected chi connectivity index (χ4v) is 7.81. The highest BCUT2D eigenvalue weighted by molar-refractivity contribution is 6.19. The van der Waals surface area contributed by atoms with Crippen molar-refractivity contribution in [2.75, 3.05) is 0 Å². The van der Waals surface area contributed by atoms with E-state index in [1.165, 1.54) is 32.6 Å². The van der Waals surface area contributed by atoms with Gasteiger partial charge in [0.2, 0.25) is 5.71 Å². The van der Waals surface area contributed by atoms with Crippen LogP contribution in [-0.2, 0) is 0 Å². The van der Waals surface area contributed by atoms with Crippen LogP contribution < -0.4 is 0 Å². The van der Waals surface area contributed by atoms with Gasteiger partial charge in [-0.2, -0.15) is 0 Å². The Morgan fingerprint density at radius 3 is 1.86 bits per heavy atom. The summed E-state index contributed by atoms with van der Waals surface area (Å²) in [5.74, 6) is 0. The van der Waals surface area contributed by atoms with Crippen molar-refractivity contribution in [1.82, 2.24) is 19.1 Å². The van der Waals surface area contributed by atoms with Crippen molar-refractivity contribution in [3.8, 4) is 22.6 Å². The average molecular weight is 627 g/mol. The number of hydrogen-bond acceptors (Lipinski definition) is 3. The lowest BCUT2D eigenvalue weighted by Gasteiger charge is -2.11. The molecule has 4 aromatic heterocycles. The minimum atomic E-state index is 0.548. The van der Waals surface area contributed by atoms with Crippen molar-refractivity contribution in [2.45, 2.75) is 0 Å². The lowest BCUT2D eigenvalue weighted by atomic mass is 10.1. The van der Waals surface area contributed by atoms with E-state index in [-0.39, 0.29) is 0 Å². The number of aromatic nitrogens is 4. The topological polar surface area (TPSA) is 48.8 Å². The zero-order chi connectivity index (χ0) is 32.1. The number of para-hydroxylation sites is 3. The minimum Gasteiger partial charge on any atom is -0.436 e. The first-order valence-corrected chi connectivity index (χ1v) is 16.5. The number of benzene rings is 7. The number of nitrogens with zero attached hydrogens (tertiary/aromatic N) is 4. The average Bonchev–Trinajstić information content (AvgIpc) is 3.81. The summed E-state index contributed by atoms with van der Waals surface area (Å²) in [6, 6.07) is 53.8. The van der Waals surface area contributed by atoms with Crippen LogP contribution in [0.2, 0.25) is 0 Å². The van der Waals surface area contributed by atoms with Gasteiger partial charge in [0.1, 0.15) is 11.1 Å². The summed E-state index contributed by atoms with van der Waals surface area (Å²) in [6.45, 7) is 0. The molecule has 0 spiro atoms. The van der Waals surface area contributed by atoms with Crippen molar-refractivity contribution in [2.24, 2.45) is 0 Å². The summed E-state index contributed by atoms with van der Waals surface area (Å²) in [6.07, 6.45) is 1.82. The van der Waals surface area contributed by atoms with E-state index >= 15 is 0 Å². The summed E-state index contributed by atoms with van der Waals surface area (Å²) >= 11 is 0. The Bertz CT molecular complexity index is 3110. The van der Waals surface area contributed by atoms with Crippen LogP contribution in [0.5, 0.6) is 0 Å². The van der Waals surface area contributed by atoms with E-state index < -0.39 is 0 Å². The Labute approximate surface area is 279 Å². The zero-order valence-electron chi connectivity index (χ0n) is 26.2. The van der Waals surface area contributed by atoms with Gasteiger partial charge < -0.3 is 13.6 Å². The van der Waals surface area contributed by atoms with Crippen LogP contribution in [0.25, 0.3) is 99.2 Å². The van der Waals surface area contributed by atoms with Crippen molar-refractivity contribution in [1.29, 1.82) is 0 Å². The van der Waals surface area contributed by atoms with Gasteiger partial charge in [-0.25, -0.2) is 9.97 Å². The molecule has 5 heteroatoms. The maximum absolute atomic E-state index is 6.15. The van der Waals surface area contributed by atoms with Gasteiger partial charge in [0.25, 0.3) is 0 Å². The molecule has 0 bridgehead atoms. The second-order valence-electron chi connectivity index (χ2n) is 12.6. The Hall–Kier alpha value is -6.72. The molecule has 0 N–H and O–H groups in total. The molecule has 228 valence electrons. The Kier molecular flexibility index (Phi) is 5.32. The highest BCUT2D eigenvalue weighted by Crippen LogP contribution is 2.40. The van der Waals surface area contributed by atoms with E-state index in [0.29, 0.717) is 5.71 Å². The van der Waals surface area contributed by atoms with E-state index in [9.17, 15) is 0 Å². The molecular weight excluding hydrogens is 601 g/mol. The molecule has 0 aliphatic carbocycles. The van der Waals surface area contributed by atoms with Gasteiger partial charge in [0.15, 0.2) is 0 Å². The fraction of sp³-hybridized carbons (Fsp3) is 0. The first-order valence-electron chi connectivity index (χ1n) is 16.5. The molecule has 0 atom stereocenters. The van der Waals surface area contributed by atoms with Crippen molar-refractivity contribution < 1.29 is 4.42 Å². The molecular formula is C44H26N4O. The second kappa shape index (κ2) is 9.89. The molecule has 11 aromatic rings. The number of hydrogen-bond donors (Lipinski definition) is 0. The summed E-state index contributed by atoms with van der Waals surface area (Å²) < 4.78 is 10.9. The molecule has 5 nitrogen and oxygen atoms in total. The van der Waals surface area contributed by atoms with Gasteiger partial charge >= 0.3 is 0 Å². The van der Waals surface area contributed by atoms with Gasteiger partial charge in [-0.1, -0.05) is 97.1 Å². The van der Waals surface area contributed by atoms with E-state index in [1.807, 2.05) is 12.3 Å². The maximum atomic E-state index is 6.15. The highest BCUT2D eigenvalue weighted by Gasteiger charge is 2.19. The van der Waals surface area contributed by atoms with Crippen LogP contribution in [-0.4, -0.2) is 19.1 Å². The third kappa shape index (κ3) is 3.75. The van der Waals surface area contributed by atoms with E-state index in [4.69, 9.17) is 14.4 Å². The molecule has 11 rings (SSSR count). The molecule has 4 heterocycles. The quantitative estimate of drug-likeness (QED) is 0.196. The van der Waals surface area contributed by atoms with Crippen LogP contribution in [0.3, 0.4) is 0 Å². The van der Waals surface area contributed by atoms with Crippen molar-refractivity contribution in [3.05, 3.63) is 158 Å². The highest BCUT2D eigenvalue weighted by atomic mass is 16.3. The van der Waals surface area contributed by atoms with Crippen LogP contribution in [0.1, 0.15) is 0 Å². The third-order valence-corrected chi connectivity index (χ3v) is 9.95. The normalized spacial score (nSPS) is 12.1. The number of fused-ring (bicyclic) bond motifs is 11. The molecule has 0 unspecified atom stereocenters. The molecule has 0 saturated carbocycles. The van der Waals surface area contributed by atoms with Crippen molar-refractivity contribution in [3.63, 3.8) is 0 Å².